The average Bonchev–Trinajstić information content (AvgIpc) is 3.18. The van der Waals surface area contributed by atoms with Crippen molar-refractivity contribution >= 4 is 28.7 Å². The summed E-state index contributed by atoms with van der Waals surface area (Å²) in [6.07, 6.45) is 0. The second kappa shape index (κ2) is 6.05. The van der Waals surface area contributed by atoms with E-state index in [4.69, 9.17) is 4.42 Å². The van der Waals surface area contributed by atoms with Gasteiger partial charge in [0.15, 0.2) is 11.3 Å². The van der Waals surface area contributed by atoms with Crippen LogP contribution in [-0.4, -0.2) is 29.2 Å². The fourth-order valence-electron chi connectivity index (χ4n) is 3.11. The third kappa shape index (κ3) is 2.77. The van der Waals surface area contributed by atoms with Crippen LogP contribution in [0.5, 0.6) is 0 Å². The number of hydrogen-bond donors (Lipinski definition) is 1. The van der Waals surface area contributed by atoms with Gasteiger partial charge in [-0.1, -0.05) is 18.2 Å². The lowest BCUT2D eigenvalue weighted by Gasteiger charge is -2.18. The molecule has 0 radical (unpaired) electrons. The number of ketones is 1. The highest BCUT2D eigenvalue weighted by Crippen LogP contribution is 2.33. The van der Waals surface area contributed by atoms with E-state index < -0.39 is 35.6 Å². The minimum Gasteiger partial charge on any atom is -0.458 e. The zero-order valence-electron chi connectivity index (χ0n) is 14.4. The SMILES string of the molecule is CC1(c2cc3ccccc3o2)NC(=O)N(CC(=O)c2ccc(F)cc2)C1=O. The largest absolute Gasteiger partial charge is 0.458 e. The third-order valence-corrected chi connectivity index (χ3v) is 4.66. The maximum Gasteiger partial charge on any atom is 0.325 e. The Bertz CT molecular complexity index is 1040. The number of carbonyl (C=O) groups is 3. The first-order chi connectivity index (χ1) is 12.9. The molecule has 6 nitrogen and oxygen atoms in total. The standard InChI is InChI=1S/C20H15FN2O4/c1-20(17-10-13-4-2-3-5-16(13)27-17)18(25)23(19(26)22-20)11-15(24)12-6-8-14(21)9-7-12/h2-10H,11H2,1H3,(H,22,26). The zero-order valence-corrected chi connectivity index (χ0v) is 14.4. The molecule has 2 heterocycles. The number of imide groups is 1. The number of nitrogens with zero attached hydrogens (tertiary/aromatic N) is 1. The van der Waals surface area contributed by atoms with Gasteiger partial charge in [0.05, 0.1) is 6.54 Å². The third-order valence-electron chi connectivity index (χ3n) is 4.66. The number of urea groups is 1. The molecule has 2 aromatic carbocycles. The van der Waals surface area contributed by atoms with Crippen molar-refractivity contribution in [1.82, 2.24) is 10.2 Å². The van der Waals surface area contributed by atoms with E-state index in [1.165, 1.54) is 19.1 Å². The highest BCUT2D eigenvalue weighted by molar-refractivity contribution is 6.11. The van der Waals surface area contributed by atoms with E-state index in [0.717, 1.165) is 22.4 Å². The summed E-state index contributed by atoms with van der Waals surface area (Å²) in [6, 6.07) is 13.2. The van der Waals surface area contributed by atoms with Crippen LogP contribution >= 0.6 is 0 Å². The van der Waals surface area contributed by atoms with E-state index in [2.05, 4.69) is 5.32 Å². The number of hydrogen-bond acceptors (Lipinski definition) is 4. The maximum atomic E-state index is 13.0. The highest BCUT2D eigenvalue weighted by atomic mass is 19.1. The minimum atomic E-state index is -1.40. The molecular weight excluding hydrogens is 351 g/mol. The molecule has 136 valence electrons. The Morgan fingerprint density at radius 2 is 1.85 bits per heavy atom. The van der Waals surface area contributed by atoms with Crippen LogP contribution in [0.1, 0.15) is 23.0 Å². The molecule has 1 aromatic heterocycles. The minimum absolute atomic E-state index is 0.217. The molecule has 3 amide bonds. The summed E-state index contributed by atoms with van der Waals surface area (Å²) in [6.45, 7) is 1.10. The van der Waals surface area contributed by atoms with E-state index in [1.807, 2.05) is 12.1 Å². The first kappa shape index (κ1) is 17.0. The van der Waals surface area contributed by atoms with Crippen molar-refractivity contribution in [3.8, 4) is 0 Å². The lowest BCUT2D eigenvalue weighted by atomic mass is 9.98. The number of para-hydroxylation sites is 1. The van der Waals surface area contributed by atoms with Crippen molar-refractivity contribution in [1.29, 1.82) is 0 Å². The molecule has 27 heavy (non-hydrogen) atoms. The fraction of sp³-hybridized carbons (Fsp3) is 0.150. The molecule has 1 atom stereocenters. The second-order valence-corrected chi connectivity index (χ2v) is 6.52. The molecule has 1 unspecified atom stereocenters. The number of fused-ring (bicyclic) bond motifs is 1. The van der Waals surface area contributed by atoms with E-state index in [-0.39, 0.29) is 5.56 Å². The molecule has 1 aliphatic rings. The van der Waals surface area contributed by atoms with Crippen LogP contribution in [0, 0.1) is 5.82 Å². The Labute approximate surface area is 153 Å². The smallest absolute Gasteiger partial charge is 0.325 e. The molecule has 7 heteroatoms. The summed E-state index contributed by atoms with van der Waals surface area (Å²) >= 11 is 0. The van der Waals surface area contributed by atoms with Gasteiger partial charge in [-0.25, -0.2) is 9.18 Å². The van der Waals surface area contributed by atoms with Crippen LogP contribution in [0.2, 0.25) is 0 Å². The molecule has 1 saturated heterocycles. The molecule has 0 saturated carbocycles. The van der Waals surface area contributed by atoms with Crippen molar-refractivity contribution in [2.45, 2.75) is 12.5 Å². The molecule has 1 N–H and O–H groups in total. The Balaban J connectivity index is 1.61. The van der Waals surface area contributed by atoms with Crippen LogP contribution < -0.4 is 5.32 Å². The summed E-state index contributed by atoms with van der Waals surface area (Å²) in [7, 11) is 0. The fourth-order valence-corrected chi connectivity index (χ4v) is 3.11. The number of benzene rings is 2. The van der Waals surface area contributed by atoms with Gasteiger partial charge >= 0.3 is 6.03 Å². The van der Waals surface area contributed by atoms with Crippen LogP contribution in [0.4, 0.5) is 9.18 Å². The van der Waals surface area contributed by atoms with Gasteiger partial charge in [-0.2, -0.15) is 0 Å². The number of furan rings is 1. The van der Waals surface area contributed by atoms with Crippen molar-refractivity contribution in [3.05, 3.63) is 71.7 Å². The topological polar surface area (TPSA) is 79.6 Å². The van der Waals surface area contributed by atoms with Gasteiger partial charge in [0.1, 0.15) is 17.2 Å². The number of nitrogens with one attached hydrogen (secondary N) is 1. The molecular formula is C20H15FN2O4. The van der Waals surface area contributed by atoms with Crippen molar-refractivity contribution in [2.75, 3.05) is 6.54 Å². The quantitative estimate of drug-likeness (QED) is 0.568. The van der Waals surface area contributed by atoms with Crippen molar-refractivity contribution in [3.63, 3.8) is 0 Å². The van der Waals surface area contributed by atoms with Gasteiger partial charge in [0.2, 0.25) is 0 Å². The van der Waals surface area contributed by atoms with Crippen LogP contribution in [-0.2, 0) is 10.3 Å². The molecule has 0 spiro atoms. The molecule has 3 aromatic rings. The van der Waals surface area contributed by atoms with Crippen LogP contribution in [0.15, 0.2) is 59.0 Å². The lowest BCUT2D eigenvalue weighted by molar-refractivity contribution is -0.131. The van der Waals surface area contributed by atoms with Gasteiger partial charge < -0.3 is 9.73 Å². The normalized spacial score (nSPS) is 19.6. The first-order valence-corrected chi connectivity index (χ1v) is 8.30. The summed E-state index contributed by atoms with van der Waals surface area (Å²) in [4.78, 5) is 38.5. The first-order valence-electron chi connectivity index (χ1n) is 8.30. The highest BCUT2D eigenvalue weighted by Gasteiger charge is 2.51. The van der Waals surface area contributed by atoms with Gasteiger partial charge in [0, 0.05) is 10.9 Å². The molecule has 0 bridgehead atoms. The summed E-state index contributed by atoms with van der Waals surface area (Å²) < 4.78 is 18.7. The van der Waals surface area contributed by atoms with Crippen molar-refractivity contribution in [2.24, 2.45) is 0 Å². The predicted octanol–water partition coefficient (Wildman–Crippen LogP) is 3.22. The molecule has 4 rings (SSSR count). The van der Waals surface area contributed by atoms with E-state index in [9.17, 15) is 18.8 Å². The van der Waals surface area contributed by atoms with E-state index in [1.54, 1.807) is 18.2 Å². The Kier molecular flexibility index (Phi) is 3.80. The molecule has 1 fully saturated rings. The number of amides is 3. The Morgan fingerprint density at radius 3 is 2.56 bits per heavy atom. The van der Waals surface area contributed by atoms with Gasteiger partial charge in [-0.15, -0.1) is 0 Å². The average molecular weight is 366 g/mol. The second-order valence-electron chi connectivity index (χ2n) is 6.52. The predicted molar refractivity (Wildman–Crippen MR) is 94.5 cm³/mol. The zero-order chi connectivity index (χ0) is 19.2. The number of halogens is 1. The number of rotatable bonds is 4. The number of carbonyl (C=O) groups excluding carboxylic acids is 3. The van der Waals surface area contributed by atoms with Gasteiger partial charge in [-0.3, -0.25) is 14.5 Å². The summed E-state index contributed by atoms with van der Waals surface area (Å²) in [5.74, 6) is -1.23. The Hall–Kier alpha value is -3.48. The van der Waals surface area contributed by atoms with Crippen LogP contribution in [0.3, 0.4) is 0 Å². The van der Waals surface area contributed by atoms with E-state index >= 15 is 0 Å². The van der Waals surface area contributed by atoms with Gasteiger partial charge in [-0.05, 0) is 43.3 Å². The van der Waals surface area contributed by atoms with Crippen molar-refractivity contribution < 1.29 is 23.2 Å². The number of Topliss-reactive ketones (excluding diaryl/α,β-unsaturated/α-hetero) is 1. The maximum absolute atomic E-state index is 13.0. The molecule has 1 aliphatic heterocycles. The summed E-state index contributed by atoms with van der Waals surface area (Å²) in [5, 5.41) is 3.41. The monoisotopic (exact) mass is 366 g/mol. The summed E-state index contributed by atoms with van der Waals surface area (Å²) in [5.41, 5.74) is -0.593. The lowest BCUT2D eigenvalue weighted by Crippen LogP contribution is -2.41. The van der Waals surface area contributed by atoms with Gasteiger partial charge in [0.25, 0.3) is 5.91 Å². The Morgan fingerprint density at radius 1 is 1.15 bits per heavy atom. The van der Waals surface area contributed by atoms with Crippen LogP contribution in [0.25, 0.3) is 11.0 Å². The molecule has 0 aliphatic carbocycles. The van der Waals surface area contributed by atoms with E-state index in [0.29, 0.717) is 11.3 Å².